The largest absolute Gasteiger partial charge is 0.493 e. The number of halogens is 2. The van der Waals surface area contributed by atoms with Gasteiger partial charge in [0.25, 0.3) is 0 Å². The second-order valence-electron chi connectivity index (χ2n) is 9.00. The van der Waals surface area contributed by atoms with E-state index in [2.05, 4.69) is 5.16 Å². The standard InChI is InChI=1S/C25H35N5O9S2.2ClH/c1-3-36-24(31)18-29-9-11-30(12-10-29)40(32,33)22-7-4-5-8-23(22)41(34,35)39-21-16-19(2)15-20(17-21)37-13-6-14-38-28-25(26)27;;/h4-5,7-8,15-17H,3,6,9-14,18H2,1-2H3,(H4,26,27,28);2*1H. The van der Waals surface area contributed by atoms with Crippen molar-refractivity contribution in [3.8, 4) is 11.5 Å². The van der Waals surface area contributed by atoms with Gasteiger partial charge in [0.15, 0.2) is 0 Å². The van der Waals surface area contributed by atoms with Crippen LogP contribution < -0.4 is 20.4 Å². The lowest BCUT2D eigenvalue weighted by Gasteiger charge is -2.33. The van der Waals surface area contributed by atoms with Crippen LogP contribution in [0.5, 0.6) is 11.5 Å². The van der Waals surface area contributed by atoms with Crippen LogP contribution >= 0.6 is 24.8 Å². The minimum Gasteiger partial charge on any atom is -0.493 e. The SMILES string of the molecule is CCOC(=O)CN1CCN(S(=O)(=O)c2ccccc2S(=O)(=O)Oc2cc(C)cc(OCCCON=C(N)N)c2)CC1.Cl.Cl. The summed E-state index contributed by atoms with van der Waals surface area (Å²) in [6.07, 6.45) is 0.446. The Bertz CT molecular complexity index is 1450. The molecule has 18 heteroatoms. The fourth-order valence-electron chi connectivity index (χ4n) is 3.98. The first kappa shape index (κ1) is 38.0. The quantitative estimate of drug-likeness (QED) is 0.0727. The summed E-state index contributed by atoms with van der Waals surface area (Å²) in [6.45, 7) is 4.90. The molecule has 43 heavy (non-hydrogen) atoms. The van der Waals surface area contributed by atoms with Crippen LogP contribution in [-0.2, 0) is 34.5 Å². The molecule has 0 unspecified atom stereocenters. The minimum atomic E-state index is -4.56. The highest BCUT2D eigenvalue weighted by Crippen LogP contribution is 2.30. The lowest BCUT2D eigenvalue weighted by atomic mass is 10.2. The fourth-order valence-corrected chi connectivity index (χ4v) is 7.09. The van der Waals surface area contributed by atoms with Gasteiger partial charge < -0.3 is 30.0 Å². The van der Waals surface area contributed by atoms with Gasteiger partial charge >= 0.3 is 16.1 Å². The van der Waals surface area contributed by atoms with Gasteiger partial charge in [0.2, 0.25) is 16.0 Å². The van der Waals surface area contributed by atoms with Crippen LogP contribution in [0.15, 0.2) is 57.4 Å². The Morgan fingerprint density at radius 1 is 0.930 bits per heavy atom. The first-order valence-corrected chi connectivity index (χ1v) is 15.6. The average molecular weight is 687 g/mol. The number of hydrogen-bond donors (Lipinski definition) is 2. The maximum Gasteiger partial charge on any atom is 0.340 e. The van der Waals surface area contributed by atoms with E-state index in [1.54, 1.807) is 24.8 Å². The van der Waals surface area contributed by atoms with E-state index < -0.39 is 29.9 Å². The Hall–Kier alpha value is -3.02. The number of benzene rings is 2. The van der Waals surface area contributed by atoms with Crippen LogP contribution in [0.2, 0.25) is 0 Å². The molecule has 1 aliphatic rings. The zero-order valence-corrected chi connectivity index (χ0v) is 27.0. The fraction of sp³-hybridized carbons (Fsp3) is 0.440. The van der Waals surface area contributed by atoms with Crippen molar-refractivity contribution >= 4 is 56.9 Å². The first-order chi connectivity index (χ1) is 19.4. The topological polar surface area (TPSA) is 193 Å². The van der Waals surface area contributed by atoms with Crippen molar-refractivity contribution in [1.29, 1.82) is 0 Å². The van der Waals surface area contributed by atoms with Gasteiger partial charge in [-0.15, -0.1) is 24.8 Å². The van der Waals surface area contributed by atoms with Crippen molar-refractivity contribution in [2.75, 3.05) is 52.5 Å². The lowest BCUT2D eigenvalue weighted by molar-refractivity contribution is -0.144. The van der Waals surface area contributed by atoms with Gasteiger partial charge in [-0.05, 0) is 48.8 Å². The highest BCUT2D eigenvalue weighted by atomic mass is 35.5. The van der Waals surface area contributed by atoms with E-state index in [9.17, 15) is 21.6 Å². The maximum absolute atomic E-state index is 13.5. The van der Waals surface area contributed by atoms with Crippen molar-refractivity contribution in [1.82, 2.24) is 9.21 Å². The van der Waals surface area contributed by atoms with Gasteiger partial charge in [-0.3, -0.25) is 9.69 Å². The number of piperazine rings is 1. The Morgan fingerprint density at radius 3 is 2.19 bits per heavy atom. The number of carbonyl (C=O) groups excluding carboxylic acids is 1. The molecule has 242 valence electrons. The van der Waals surface area contributed by atoms with Crippen LogP contribution in [0, 0.1) is 6.92 Å². The smallest absolute Gasteiger partial charge is 0.340 e. The van der Waals surface area contributed by atoms with E-state index in [1.807, 2.05) is 0 Å². The second-order valence-corrected chi connectivity index (χ2v) is 12.4. The summed E-state index contributed by atoms with van der Waals surface area (Å²) in [4.78, 5) is 17.5. The normalized spacial score (nSPS) is 14.0. The van der Waals surface area contributed by atoms with Gasteiger partial charge in [0.05, 0.1) is 19.8 Å². The Kier molecular flexibility index (Phi) is 15.3. The highest BCUT2D eigenvalue weighted by Gasteiger charge is 2.34. The van der Waals surface area contributed by atoms with Gasteiger partial charge in [-0.25, -0.2) is 8.42 Å². The van der Waals surface area contributed by atoms with E-state index in [-0.39, 0.29) is 95.0 Å². The number of rotatable bonds is 14. The van der Waals surface area contributed by atoms with Crippen molar-refractivity contribution in [2.24, 2.45) is 16.6 Å². The number of aryl methyl sites for hydroxylation is 1. The number of esters is 1. The lowest BCUT2D eigenvalue weighted by Crippen LogP contribution is -2.50. The van der Waals surface area contributed by atoms with Gasteiger partial charge in [0.1, 0.15) is 27.9 Å². The molecule has 0 bridgehead atoms. The monoisotopic (exact) mass is 685 g/mol. The molecule has 14 nitrogen and oxygen atoms in total. The summed E-state index contributed by atoms with van der Waals surface area (Å²) >= 11 is 0. The van der Waals surface area contributed by atoms with E-state index in [0.29, 0.717) is 17.7 Å². The van der Waals surface area contributed by atoms with Crippen LogP contribution in [0.25, 0.3) is 0 Å². The molecule has 1 saturated heterocycles. The van der Waals surface area contributed by atoms with E-state index in [0.717, 1.165) is 0 Å². The predicted molar refractivity (Wildman–Crippen MR) is 164 cm³/mol. The molecule has 0 aliphatic carbocycles. The molecule has 0 amide bonds. The molecule has 0 spiro atoms. The molecule has 2 aromatic rings. The molecule has 2 aromatic carbocycles. The number of ether oxygens (including phenoxy) is 2. The Balaban J connectivity index is 0.00000462. The van der Waals surface area contributed by atoms with Crippen molar-refractivity contribution in [3.05, 3.63) is 48.0 Å². The Labute approximate surface area is 264 Å². The van der Waals surface area contributed by atoms with Crippen molar-refractivity contribution in [3.63, 3.8) is 0 Å². The number of guanidine groups is 1. The third-order valence-corrected chi connectivity index (χ3v) is 9.17. The van der Waals surface area contributed by atoms with Crippen molar-refractivity contribution < 1.29 is 40.1 Å². The number of sulfonamides is 1. The van der Waals surface area contributed by atoms with Crippen LogP contribution in [0.1, 0.15) is 18.9 Å². The van der Waals surface area contributed by atoms with Crippen LogP contribution in [-0.4, -0.2) is 90.5 Å². The molecule has 0 atom stereocenters. The minimum absolute atomic E-state index is 0. The molecule has 0 aromatic heterocycles. The number of hydrogen-bond acceptors (Lipinski definition) is 11. The zero-order valence-electron chi connectivity index (χ0n) is 23.7. The van der Waals surface area contributed by atoms with Crippen LogP contribution in [0.3, 0.4) is 0 Å². The molecular formula is C25H37Cl2N5O9S2. The number of nitrogens with two attached hydrogens (primary N) is 2. The molecular weight excluding hydrogens is 649 g/mol. The zero-order chi connectivity index (χ0) is 30.0. The molecule has 0 saturated carbocycles. The average Bonchev–Trinajstić information content (AvgIpc) is 2.90. The highest BCUT2D eigenvalue weighted by molar-refractivity contribution is 7.91. The molecule has 4 N–H and O–H groups in total. The summed E-state index contributed by atoms with van der Waals surface area (Å²) < 4.78 is 70.9. The van der Waals surface area contributed by atoms with Gasteiger partial charge in [0, 0.05) is 38.7 Å². The molecule has 3 rings (SSSR count). The van der Waals surface area contributed by atoms with Crippen molar-refractivity contribution in [2.45, 2.75) is 30.1 Å². The number of oxime groups is 1. The predicted octanol–water partition coefficient (Wildman–Crippen LogP) is 1.45. The molecule has 1 fully saturated rings. The Morgan fingerprint density at radius 2 is 1.56 bits per heavy atom. The number of carbonyl (C=O) groups is 1. The molecule has 0 radical (unpaired) electrons. The van der Waals surface area contributed by atoms with E-state index in [4.69, 9.17) is 30.0 Å². The summed E-state index contributed by atoms with van der Waals surface area (Å²) in [5.41, 5.74) is 11.0. The number of nitrogens with zero attached hydrogens (tertiary/aromatic N) is 3. The summed E-state index contributed by atoms with van der Waals surface area (Å²) in [6, 6.07) is 9.85. The van der Waals surface area contributed by atoms with E-state index in [1.165, 1.54) is 40.7 Å². The second kappa shape index (κ2) is 17.3. The third kappa shape index (κ3) is 11.2. The maximum atomic E-state index is 13.5. The molecule has 1 aliphatic heterocycles. The van der Waals surface area contributed by atoms with E-state index >= 15 is 0 Å². The van der Waals surface area contributed by atoms with Gasteiger partial charge in [-0.2, -0.15) is 12.7 Å². The molecule has 1 heterocycles. The first-order valence-electron chi connectivity index (χ1n) is 12.8. The van der Waals surface area contributed by atoms with Crippen LogP contribution in [0.4, 0.5) is 0 Å². The summed E-state index contributed by atoms with van der Waals surface area (Å²) in [7, 11) is -8.77. The summed E-state index contributed by atoms with van der Waals surface area (Å²) in [5.74, 6) is -0.287. The van der Waals surface area contributed by atoms with Gasteiger partial charge in [-0.1, -0.05) is 12.1 Å². The third-order valence-electron chi connectivity index (χ3n) is 5.77. The summed E-state index contributed by atoms with van der Waals surface area (Å²) in [5, 5.41) is 3.41.